The number of benzene rings is 1. The fourth-order valence-corrected chi connectivity index (χ4v) is 3.26. The second-order valence-corrected chi connectivity index (χ2v) is 6.41. The number of hydrogen-bond acceptors (Lipinski definition) is 6. The highest BCUT2D eigenvalue weighted by molar-refractivity contribution is 6.32. The Morgan fingerprint density at radius 2 is 1.92 bits per heavy atom. The standard InChI is InChI=1S/C18H21ClN4O3/c1-25-15-10-16(26-2)14(9-13(15)19)22-18(24)12-3-7-23(8-4-12)17-11-20-5-6-21-17/h5-6,9-12H,3-4,7-8H2,1-2H3,(H,22,24). The molecule has 0 bridgehead atoms. The van der Waals surface area contributed by atoms with Crippen LogP contribution in [0.1, 0.15) is 12.8 Å². The van der Waals surface area contributed by atoms with Gasteiger partial charge in [0.1, 0.15) is 17.3 Å². The zero-order valence-corrected chi connectivity index (χ0v) is 15.5. The summed E-state index contributed by atoms with van der Waals surface area (Å²) in [5.41, 5.74) is 0.541. The summed E-state index contributed by atoms with van der Waals surface area (Å²) in [6.45, 7) is 1.52. The molecule has 1 saturated heterocycles. The number of carbonyl (C=O) groups is 1. The molecule has 1 amide bonds. The summed E-state index contributed by atoms with van der Waals surface area (Å²) in [4.78, 5) is 23.2. The Labute approximate surface area is 157 Å². The Morgan fingerprint density at radius 1 is 1.19 bits per heavy atom. The average Bonchev–Trinajstić information content (AvgIpc) is 2.69. The summed E-state index contributed by atoms with van der Waals surface area (Å²) < 4.78 is 10.5. The summed E-state index contributed by atoms with van der Waals surface area (Å²) in [5.74, 6) is 1.74. The van der Waals surface area contributed by atoms with E-state index in [9.17, 15) is 4.79 Å². The van der Waals surface area contributed by atoms with Gasteiger partial charge < -0.3 is 19.7 Å². The van der Waals surface area contributed by atoms with Crippen LogP contribution in [0.4, 0.5) is 11.5 Å². The van der Waals surface area contributed by atoms with Gasteiger partial charge in [0.05, 0.1) is 31.1 Å². The monoisotopic (exact) mass is 376 g/mol. The number of hydrogen-bond donors (Lipinski definition) is 1. The molecule has 0 unspecified atom stereocenters. The van der Waals surface area contributed by atoms with E-state index in [1.54, 1.807) is 30.7 Å². The number of nitrogens with one attached hydrogen (secondary N) is 1. The van der Waals surface area contributed by atoms with Crippen molar-refractivity contribution in [2.75, 3.05) is 37.5 Å². The largest absolute Gasteiger partial charge is 0.495 e. The SMILES string of the molecule is COc1cc(OC)c(NC(=O)C2CCN(c3cnccn3)CC2)cc1Cl. The number of aromatic nitrogens is 2. The molecule has 7 nitrogen and oxygen atoms in total. The van der Waals surface area contributed by atoms with Crippen LogP contribution in [0, 0.1) is 5.92 Å². The van der Waals surface area contributed by atoms with E-state index >= 15 is 0 Å². The summed E-state index contributed by atoms with van der Waals surface area (Å²) in [6, 6.07) is 3.31. The predicted molar refractivity (Wildman–Crippen MR) is 100 cm³/mol. The lowest BCUT2D eigenvalue weighted by molar-refractivity contribution is -0.120. The lowest BCUT2D eigenvalue weighted by Gasteiger charge is -2.31. The number of piperidine rings is 1. The third-order valence-electron chi connectivity index (χ3n) is 4.47. The molecule has 138 valence electrons. The molecule has 0 saturated carbocycles. The van der Waals surface area contributed by atoms with Crippen molar-refractivity contribution in [3.05, 3.63) is 35.7 Å². The van der Waals surface area contributed by atoms with Gasteiger partial charge in [0, 0.05) is 37.5 Å². The molecule has 1 fully saturated rings. The van der Waals surface area contributed by atoms with Crippen molar-refractivity contribution >= 4 is 29.0 Å². The molecular weight excluding hydrogens is 356 g/mol. The molecule has 0 radical (unpaired) electrons. The van der Waals surface area contributed by atoms with Gasteiger partial charge in [-0.15, -0.1) is 0 Å². The second-order valence-electron chi connectivity index (χ2n) is 6.00. The van der Waals surface area contributed by atoms with Gasteiger partial charge in [0.25, 0.3) is 0 Å². The van der Waals surface area contributed by atoms with E-state index in [0.29, 0.717) is 22.2 Å². The van der Waals surface area contributed by atoms with Crippen LogP contribution in [0.2, 0.25) is 5.02 Å². The van der Waals surface area contributed by atoms with E-state index in [1.807, 2.05) is 0 Å². The minimum atomic E-state index is -0.0755. The maximum atomic E-state index is 12.7. The number of anilines is 2. The second kappa shape index (κ2) is 8.23. The van der Waals surface area contributed by atoms with Gasteiger partial charge in [-0.3, -0.25) is 9.78 Å². The van der Waals surface area contributed by atoms with Crippen molar-refractivity contribution in [1.29, 1.82) is 0 Å². The number of nitrogens with zero attached hydrogens (tertiary/aromatic N) is 3. The first-order chi connectivity index (χ1) is 12.6. The number of methoxy groups -OCH3 is 2. The van der Waals surface area contributed by atoms with Gasteiger partial charge in [-0.25, -0.2) is 4.98 Å². The van der Waals surface area contributed by atoms with Crippen molar-refractivity contribution in [1.82, 2.24) is 9.97 Å². The fraction of sp³-hybridized carbons (Fsp3) is 0.389. The summed E-state index contributed by atoms with van der Waals surface area (Å²) in [6.07, 6.45) is 6.55. The number of halogens is 1. The molecule has 0 spiro atoms. The molecule has 1 aliphatic heterocycles. The van der Waals surface area contributed by atoms with Crippen LogP contribution < -0.4 is 19.7 Å². The van der Waals surface area contributed by atoms with Crippen molar-refractivity contribution < 1.29 is 14.3 Å². The van der Waals surface area contributed by atoms with E-state index < -0.39 is 0 Å². The molecule has 1 aromatic carbocycles. The number of carbonyl (C=O) groups excluding carboxylic acids is 1. The number of amides is 1. The van der Waals surface area contributed by atoms with Crippen LogP contribution in [0.5, 0.6) is 11.5 Å². The lowest BCUT2D eigenvalue weighted by atomic mass is 9.96. The van der Waals surface area contributed by atoms with Crippen molar-refractivity contribution in [2.24, 2.45) is 5.92 Å². The summed E-state index contributed by atoms with van der Waals surface area (Å²) in [7, 11) is 3.07. The number of ether oxygens (including phenoxy) is 2. The lowest BCUT2D eigenvalue weighted by Crippen LogP contribution is -2.38. The van der Waals surface area contributed by atoms with E-state index in [0.717, 1.165) is 31.7 Å². The zero-order chi connectivity index (χ0) is 18.5. The molecule has 2 aromatic rings. The molecule has 1 aliphatic rings. The fourth-order valence-electron chi connectivity index (χ4n) is 3.02. The third-order valence-corrected chi connectivity index (χ3v) is 4.77. The zero-order valence-electron chi connectivity index (χ0n) is 14.7. The van der Waals surface area contributed by atoms with Gasteiger partial charge >= 0.3 is 0 Å². The van der Waals surface area contributed by atoms with Crippen molar-refractivity contribution in [3.63, 3.8) is 0 Å². The Morgan fingerprint density at radius 3 is 2.54 bits per heavy atom. The van der Waals surface area contributed by atoms with Gasteiger partial charge in [-0.1, -0.05) is 11.6 Å². The number of rotatable bonds is 5. The van der Waals surface area contributed by atoms with Gasteiger partial charge in [-0.05, 0) is 18.9 Å². The predicted octanol–water partition coefficient (Wildman–Crippen LogP) is 3.00. The molecule has 1 N–H and O–H groups in total. The quantitative estimate of drug-likeness (QED) is 0.864. The maximum Gasteiger partial charge on any atom is 0.227 e. The molecule has 8 heteroatoms. The first-order valence-electron chi connectivity index (χ1n) is 8.35. The van der Waals surface area contributed by atoms with E-state index in [4.69, 9.17) is 21.1 Å². The minimum absolute atomic E-state index is 0.0386. The Bertz CT molecular complexity index is 765. The Balaban J connectivity index is 1.64. The molecule has 3 rings (SSSR count). The van der Waals surface area contributed by atoms with E-state index in [1.165, 1.54) is 14.2 Å². The van der Waals surface area contributed by atoms with Crippen molar-refractivity contribution in [3.8, 4) is 11.5 Å². The summed E-state index contributed by atoms with van der Waals surface area (Å²) >= 11 is 6.16. The van der Waals surface area contributed by atoms with Crippen LogP contribution in [0.25, 0.3) is 0 Å². The Kier molecular flexibility index (Phi) is 5.78. The smallest absolute Gasteiger partial charge is 0.227 e. The van der Waals surface area contributed by atoms with Crippen LogP contribution in [0.3, 0.4) is 0 Å². The molecule has 0 atom stereocenters. The van der Waals surface area contributed by atoms with Crippen LogP contribution in [-0.4, -0.2) is 43.2 Å². The van der Waals surface area contributed by atoms with Gasteiger partial charge in [-0.2, -0.15) is 0 Å². The average molecular weight is 377 g/mol. The highest BCUT2D eigenvalue weighted by atomic mass is 35.5. The highest BCUT2D eigenvalue weighted by Gasteiger charge is 2.26. The van der Waals surface area contributed by atoms with Gasteiger partial charge in [0.15, 0.2) is 0 Å². The highest BCUT2D eigenvalue weighted by Crippen LogP contribution is 2.36. The van der Waals surface area contributed by atoms with Crippen LogP contribution in [0.15, 0.2) is 30.7 Å². The molecule has 0 aliphatic carbocycles. The van der Waals surface area contributed by atoms with E-state index in [2.05, 4.69) is 20.2 Å². The molecule has 26 heavy (non-hydrogen) atoms. The summed E-state index contributed by atoms with van der Waals surface area (Å²) in [5, 5.41) is 3.35. The third kappa shape index (κ3) is 3.99. The molecule has 1 aromatic heterocycles. The topological polar surface area (TPSA) is 76.6 Å². The minimum Gasteiger partial charge on any atom is -0.495 e. The normalized spacial score (nSPS) is 14.8. The maximum absolute atomic E-state index is 12.7. The van der Waals surface area contributed by atoms with Crippen LogP contribution in [-0.2, 0) is 4.79 Å². The van der Waals surface area contributed by atoms with Gasteiger partial charge in [0.2, 0.25) is 5.91 Å². The first-order valence-corrected chi connectivity index (χ1v) is 8.73. The van der Waals surface area contributed by atoms with Crippen molar-refractivity contribution in [2.45, 2.75) is 12.8 Å². The first kappa shape index (κ1) is 18.3. The molecule has 2 heterocycles. The van der Waals surface area contributed by atoms with E-state index in [-0.39, 0.29) is 11.8 Å². The molecular formula is C18H21ClN4O3. The Hall–Kier alpha value is -2.54. The van der Waals surface area contributed by atoms with Crippen LogP contribution >= 0.6 is 11.6 Å².